The van der Waals surface area contributed by atoms with Crippen LogP contribution in [-0.2, 0) is 19.3 Å². The van der Waals surface area contributed by atoms with Gasteiger partial charge in [0.25, 0.3) is 0 Å². The summed E-state index contributed by atoms with van der Waals surface area (Å²) in [5.41, 5.74) is 5.25. The standard InChI is InChI=1S/C21H22F2N2O.ClH/c22-15-6-7-20(17(23)13-15)26-12-2-4-14-3-1-5-19-21(14)16-8-10-24-11-9-18(16)25-19;/h1,3,5-7,13,24-25H,2,4,8-12H2;1H. The lowest BCUT2D eigenvalue weighted by molar-refractivity contribution is 0.295. The van der Waals surface area contributed by atoms with E-state index in [1.54, 1.807) is 0 Å². The van der Waals surface area contributed by atoms with E-state index < -0.39 is 11.6 Å². The van der Waals surface area contributed by atoms with E-state index in [1.807, 2.05) is 0 Å². The first-order chi connectivity index (χ1) is 12.7. The molecule has 144 valence electrons. The van der Waals surface area contributed by atoms with Crippen LogP contribution in [0.2, 0.25) is 0 Å². The van der Waals surface area contributed by atoms with Gasteiger partial charge in [-0.3, -0.25) is 0 Å². The fourth-order valence-corrected chi connectivity index (χ4v) is 3.74. The highest BCUT2D eigenvalue weighted by Crippen LogP contribution is 2.28. The molecule has 3 aromatic rings. The van der Waals surface area contributed by atoms with Gasteiger partial charge in [-0.2, -0.15) is 0 Å². The Balaban J connectivity index is 0.00000210. The molecule has 0 bridgehead atoms. The third-order valence-corrected chi connectivity index (χ3v) is 4.95. The average molecular weight is 393 g/mol. The number of aryl methyl sites for hydroxylation is 1. The van der Waals surface area contributed by atoms with E-state index in [2.05, 4.69) is 28.5 Å². The number of H-pyrrole nitrogens is 1. The summed E-state index contributed by atoms with van der Waals surface area (Å²) < 4.78 is 32.0. The number of aromatic nitrogens is 1. The topological polar surface area (TPSA) is 37.0 Å². The van der Waals surface area contributed by atoms with E-state index in [9.17, 15) is 8.78 Å². The fraction of sp³-hybridized carbons (Fsp3) is 0.333. The van der Waals surface area contributed by atoms with Gasteiger partial charge in [-0.15, -0.1) is 12.4 Å². The van der Waals surface area contributed by atoms with Crippen molar-refractivity contribution < 1.29 is 13.5 Å². The summed E-state index contributed by atoms with van der Waals surface area (Å²) in [6.45, 7) is 2.40. The zero-order chi connectivity index (χ0) is 17.9. The van der Waals surface area contributed by atoms with E-state index in [0.717, 1.165) is 44.8 Å². The van der Waals surface area contributed by atoms with Crippen LogP contribution in [0.3, 0.4) is 0 Å². The number of hydrogen-bond acceptors (Lipinski definition) is 2. The van der Waals surface area contributed by atoms with E-state index >= 15 is 0 Å². The lowest BCUT2D eigenvalue weighted by atomic mass is 9.99. The largest absolute Gasteiger partial charge is 0.491 e. The minimum atomic E-state index is -0.657. The molecular formula is C21H23ClF2N2O. The molecule has 3 nitrogen and oxygen atoms in total. The van der Waals surface area contributed by atoms with Crippen LogP contribution >= 0.6 is 12.4 Å². The zero-order valence-corrected chi connectivity index (χ0v) is 15.8. The lowest BCUT2D eigenvalue weighted by Crippen LogP contribution is -2.16. The molecule has 0 unspecified atom stereocenters. The maximum Gasteiger partial charge on any atom is 0.167 e. The van der Waals surface area contributed by atoms with Crippen molar-refractivity contribution in [2.45, 2.75) is 25.7 Å². The van der Waals surface area contributed by atoms with Gasteiger partial charge in [0, 0.05) is 35.6 Å². The van der Waals surface area contributed by atoms with Crippen LogP contribution in [0.15, 0.2) is 36.4 Å². The van der Waals surface area contributed by atoms with Gasteiger partial charge in [-0.05, 0) is 55.1 Å². The Morgan fingerprint density at radius 3 is 2.74 bits per heavy atom. The van der Waals surface area contributed by atoms with Gasteiger partial charge in [0.1, 0.15) is 5.82 Å². The monoisotopic (exact) mass is 392 g/mol. The Hall–Kier alpha value is -2.11. The van der Waals surface area contributed by atoms with Gasteiger partial charge >= 0.3 is 0 Å². The molecule has 4 rings (SSSR count). The van der Waals surface area contributed by atoms with E-state index in [1.165, 1.54) is 39.9 Å². The number of rotatable bonds is 5. The van der Waals surface area contributed by atoms with Crippen molar-refractivity contribution in [3.05, 3.63) is 64.9 Å². The van der Waals surface area contributed by atoms with Crippen molar-refractivity contribution >= 4 is 23.3 Å². The summed E-state index contributed by atoms with van der Waals surface area (Å²) in [6.07, 6.45) is 3.69. The average Bonchev–Trinajstić information content (AvgIpc) is 2.82. The summed E-state index contributed by atoms with van der Waals surface area (Å²) in [5, 5.41) is 4.77. The second-order valence-corrected chi connectivity index (χ2v) is 6.70. The third kappa shape index (κ3) is 4.25. The van der Waals surface area contributed by atoms with E-state index in [-0.39, 0.29) is 18.2 Å². The predicted octanol–water partition coefficient (Wildman–Crippen LogP) is 4.57. The maximum absolute atomic E-state index is 13.6. The Kier molecular flexibility index (Phi) is 6.34. The van der Waals surface area contributed by atoms with Crippen LogP contribution in [0.4, 0.5) is 8.78 Å². The van der Waals surface area contributed by atoms with Gasteiger partial charge < -0.3 is 15.0 Å². The highest BCUT2D eigenvalue weighted by Gasteiger charge is 2.16. The van der Waals surface area contributed by atoms with Gasteiger partial charge in [0.2, 0.25) is 0 Å². The summed E-state index contributed by atoms with van der Waals surface area (Å²) >= 11 is 0. The minimum Gasteiger partial charge on any atom is -0.491 e. The molecule has 1 aliphatic rings. The minimum absolute atomic E-state index is 0. The number of benzene rings is 2. The van der Waals surface area contributed by atoms with Crippen molar-refractivity contribution in [1.29, 1.82) is 0 Å². The highest BCUT2D eigenvalue weighted by molar-refractivity contribution is 5.88. The fourth-order valence-electron chi connectivity index (χ4n) is 3.74. The van der Waals surface area contributed by atoms with Gasteiger partial charge in [-0.1, -0.05) is 12.1 Å². The van der Waals surface area contributed by atoms with Crippen molar-refractivity contribution in [3.8, 4) is 5.75 Å². The van der Waals surface area contributed by atoms with Crippen LogP contribution in [-0.4, -0.2) is 24.7 Å². The molecule has 0 atom stereocenters. The highest BCUT2D eigenvalue weighted by atomic mass is 35.5. The summed E-state index contributed by atoms with van der Waals surface area (Å²) in [6, 6.07) is 9.76. The third-order valence-electron chi connectivity index (χ3n) is 4.95. The first-order valence-electron chi connectivity index (χ1n) is 9.12. The quantitative estimate of drug-likeness (QED) is 0.624. The number of hydrogen-bond donors (Lipinski definition) is 2. The van der Waals surface area contributed by atoms with E-state index in [4.69, 9.17) is 4.74 Å². The molecule has 0 fully saturated rings. The van der Waals surface area contributed by atoms with Crippen LogP contribution in [0, 0.1) is 11.6 Å². The molecular weight excluding hydrogens is 370 g/mol. The summed E-state index contributed by atoms with van der Waals surface area (Å²) in [7, 11) is 0. The molecule has 0 saturated heterocycles. The Labute approximate surface area is 163 Å². The Morgan fingerprint density at radius 2 is 1.89 bits per heavy atom. The molecule has 6 heteroatoms. The van der Waals surface area contributed by atoms with Crippen LogP contribution in [0.1, 0.15) is 23.2 Å². The summed E-state index contributed by atoms with van der Waals surface area (Å²) in [4.78, 5) is 3.57. The molecule has 27 heavy (non-hydrogen) atoms. The number of fused-ring (bicyclic) bond motifs is 3. The number of aromatic amines is 1. The first kappa shape index (κ1) is 19.6. The maximum atomic E-state index is 13.6. The zero-order valence-electron chi connectivity index (χ0n) is 15.0. The van der Waals surface area contributed by atoms with Gasteiger partial charge in [0.15, 0.2) is 11.6 Å². The number of ether oxygens (including phenoxy) is 1. The summed E-state index contributed by atoms with van der Waals surface area (Å²) in [5.74, 6) is -1.15. The second-order valence-electron chi connectivity index (χ2n) is 6.70. The molecule has 0 radical (unpaired) electrons. The molecule has 0 amide bonds. The molecule has 2 N–H and O–H groups in total. The lowest BCUT2D eigenvalue weighted by Gasteiger charge is -2.09. The van der Waals surface area contributed by atoms with Crippen molar-refractivity contribution in [2.75, 3.05) is 19.7 Å². The normalized spacial score (nSPS) is 13.7. The molecule has 0 spiro atoms. The van der Waals surface area contributed by atoms with Crippen LogP contribution in [0.25, 0.3) is 10.9 Å². The first-order valence-corrected chi connectivity index (χ1v) is 9.12. The van der Waals surface area contributed by atoms with Gasteiger partial charge in [-0.25, -0.2) is 8.78 Å². The molecule has 2 heterocycles. The van der Waals surface area contributed by atoms with Crippen molar-refractivity contribution in [2.24, 2.45) is 0 Å². The smallest absolute Gasteiger partial charge is 0.167 e. The van der Waals surface area contributed by atoms with Crippen LogP contribution in [0.5, 0.6) is 5.75 Å². The molecule has 1 aliphatic heterocycles. The van der Waals surface area contributed by atoms with Crippen LogP contribution < -0.4 is 10.1 Å². The second kappa shape index (κ2) is 8.72. The molecule has 0 aliphatic carbocycles. The number of nitrogens with one attached hydrogen (secondary N) is 2. The Bertz CT molecular complexity index is 926. The Morgan fingerprint density at radius 1 is 1.04 bits per heavy atom. The van der Waals surface area contributed by atoms with Crippen molar-refractivity contribution in [3.63, 3.8) is 0 Å². The van der Waals surface area contributed by atoms with Crippen molar-refractivity contribution in [1.82, 2.24) is 10.3 Å². The number of halogens is 3. The SMILES string of the molecule is Cl.Fc1ccc(OCCCc2cccc3[nH]c4c(c23)CCNCC4)c(F)c1. The molecule has 0 saturated carbocycles. The van der Waals surface area contributed by atoms with E-state index in [0.29, 0.717) is 6.61 Å². The molecule has 2 aromatic carbocycles. The molecule has 1 aromatic heterocycles. The predicted molar refractivity (Wildman–Crippen MR) is 106 cm³/mol. The van der Waals surface area contributed by atoms with Gasteiger partial charge in [0.05, 0.1) is 6.61 Å².